The lowest BCUT2D eigenvalue weighted by Crippen LogP contribution is -1.86. The second kappa shape index (κ2) is 5.89. The minimum absolute atomic E-state index is 0.535. The van der Waals surface area contributed by atoms with Crippen molar-refractivity contribution < 1.29 is 4.42 Å². The maximum Gasteiger partial charge on any atom is 0.248 e. The lowest BCUT2D eigenvalue weighted by Gasteiger charge is -2.08. The summed E-state index contributed by atoms with van der Waals surface area (Å²) in [6.45, 7) is 0. The summed E-state index contributed by atoms with van der Waals surface area (Å²) in [5.74, 6) is 0.535. The zero-order valence-corrected chi connectivity index (χ0v) is 12.4. The maximum atomic E-state index is 5.35. The zero-order valence-electron chi connectivity index (χ0n) is 12.4. The van der Waals surface area contributed by atoms with Crippen molar-refractivity contribution in [3.8, 4) is 33.7 Å². The topological polar surface area (TPSA) is 38.9 Å². The van der Waals surface area contributed by atoms with Crippen molar-refractivity contribution in [2.45, 2.75) is 0 Å². The first-order valence-electron chi connectivity index (χ1n) is 7.43. The maximum absolute atomic E-state index is 5.35. The van der Waals surface area contributed by atoms with Crippen molar-refractivity contribution >= 4 is 0 Å². The molecule has 0 saturated carbocycles. The molecule has 0 aliphatic heterocycles. The molecule has 0 fully saturated rings. The predicted octanol–water partition coefficient (Wildman–Crippen LogP) is 5.07. The second-order valence-corrected chi connectivity index (χ2v) is 5.23. The Hall–Kier alpha value is -3.20. The molecule has 1 heterocycles. The zero-order chi connectivity index (χ0) is 15.5. The lowest BCUT2D eigenvalue weighted by atomic mass is 9.97. The standard InChI is InChI=1S/C20H14N2O/c1-2-6-15(7-3-1)16-10-12-17(13-11-16)18-8-4-5-9-19(18)20-22-21-14-23-20/h1-14H. The fraction of sp³-hybridized carbons (Fsp3) is 0. The van der Waals surface area contributed by atoms with Crippen LogP contribution in [0.25, 0.3) is 33.7 Å². The Labute approximate surface area is 134 Å². The van der Waals surface area contributed by atoms with E-state index in [-0.39, 0.29) is 0 Å². The number of aromatic nitrogens is 2. The van der Waals surface area contributed by atoms with Crippen LogP contribution in [0.5, 0.6) is 0 Å². The van der Waals surface area contributed by atoms with Crippen molar-refractivity contribution in [3.63, 3.8) is 0 Å². The SMILES string of the molecule is c1ccc(-c2ccc(-c3ccccc3-c3nnco3)cc2)cc1. The molecule has 0 radical (unpaired) electrons. The van der Waals surface area contributed by atoms with E-state index in [1.165, 1.54) is 17.5 Å². The molecular formula is C20H14N2O. The number of benzene rings is 3. The first-order chi connectivity index (χ1) is 11.4. The molecule has 3 nitrogen and oxygen atoms in total. The van der Waals surface area contributed by atoms with Crippen molar-refractivity contribution in [1.82, 2.24) is 10.2 Å². The van der Waals surface area contributed by atoms with Gasteiger partial charge in [0.15, 0.2) is 0 Å². The number of hydrogen-bond donors (Lipinski definition) is 0. The molecule has 0 spiro atoms. The molecule has 0 aliphatic rings. The summed E-state index contributed by atoms with van der Waals surface area (Å²) >= 11 is 0. The normalized spacial score (nSPS) is 10.6. The summed E-state index contributed by atoms with van der Waals surface area (Å²) in [5.41, 5.74) is 5.56. The summed E-state index contributed by atoms with van der Waals surface area (Å²) in [5, 5.41) is 7.79. The van der Waals surface area contributed by atoms with Crippen molar-refractivity contribution in [1.29, 1.82) is 0 Å². The number of rotatable bonds is 3. The van der Waals surface area contributed by atoms with E-state index in [2.05, 4.69) is 52.7 Å². The highest BCUT2D eigenvalue weighted by molar-refractivity contribution is 5.81. The molecule has 0 unspecified atom stereocenters. The Morgan fingerprint density at radius 3 is 1.87 bits per heavy atom. The second-order valence-electron chi connectivity index (χ2n) is 5.23. The summed E-state index contributed by atoms with van der Waals surface area (Å²) in [6.07, 6.45) is 1.35. The molecule has 1 aromatic heterocycles. The Kier molecular flexibility index (Phi) is 3.45. The Morgan fingerprint density at radius 2 is 1.17 bits per heavy atom. The first-order valence-corrected chi connectivity index (χ1v) is 7.43. The van der Waals surface area contributed by atoms with Crippen LogP contribution in [0.2, 0.25) is 0 Å². The van der Waals surface area contributed by atoms with E-state index >= 15 is 0 Å². The highest BCUT2D eigenvalue weighted by Crippen LogP contribution is 2.32. The largest absolute Gasteiger partial charge is 0.423 e. The van der Waals surface area contributed by atoms with Crippen LogP contribution in [0, 0.1) is 0 Å². The van der Waals surface area contributed by atoms with E-state index in [0.29, 0.717) is 5.89 Å². The third-order valence-corrected chi connectivity index (χ3v) is 3.82. The van der Waals surface area contributed by atoms with Gasteiger partial charge in [-0.2, -0.15) is 0 Å². The lowest BCUT2D eigenvalue weighted by molar-refractivity contribution is 0.569. The van der Waals surface area contributed by atoms with E-state index < -0.39 is 0 Å². The third kappa shape index (κ3) is 2.64. The fourth-order valence-electron chi connectivity index (χ4n) is 2.68. The van der Waals surface area contributed by atoms with Gasteiger partial charge in [-0.05, 0) is 28.3 Å². The van der Waals surface area contributed by atoms with E-state index in [0.717, 1.165) is 16.7 Å². The average molecular weight is 298 g/mol. The van der Waals surface area contributed by atoms with E-state index in [9.17, 15) is 0 Å². The van der Waals surface area contributed by atoms with Crippen molar-refractivity contribution in [2.75, 3.05) is 0 Å². The van der Waals surface area contributed by atoms with Crippen LogP contribution in [0.3, 0.4) is 0 Å². The highest BCUT2D eigenvalue weighted by atomic mass is 16.4. The van der Waals surface area contributed by atoms with Gasteiger partial charge in [0.2, 0.25) is 12.3 Å². The molecule has 0 saturated heterocycles. The van der Waals surface area contributed by atoms with Crippen LogP contribution in [-0.4, -0.2) is 10.2 Å². The average Bonchev–Trinajstić information content (AvgIpc) is 3.17. The molecule has 4 aromatic rings. The monoisotopic (exact) mass is 298 g/mol. The van der Waals surface area contributed by atoms with Gasteiger partial charge in [0, 0.05) is 5.56 Å². The summed E-state index contributed by atoms with van der Waals surface area (Å²) in [7, 11) is 0. The molecule has 3 aromatic carbocycles. The molecule has 110 valence electrons. The Morgan fingerprint density at radius 1 is 0.565 bits per heavy atom. The molecule has 0 N–H and O–H groups in total. The van der Waals surface area contributed by atoms with E-state index in [1.54, 1.807) is 0 Å². The van der Waals surface area contributed by atoms with Crippen LogP contribution >= 0.6 is 0 Å². The Balaban J connectivity index is 1.75. The third-order valence-electron chi connectivity index (χ3n) is 3.82. The van der Waals surface area contributed by atoms with Crippen LogP contribution in [-0.2, 0) is 0 Å². The molecule has 0 atom stereocenters. The van der Waals surface area contributed by atoms with Crippen LogP contribution in [0.1, 0.15) is 0 Å². The molecule has 0 aliphatic carbocycles. The smallest absolute Gasteiger partial charge is 0.248 e. The van der Waals surface area contributed by atoms with E-state index in [4.69, 9.17) is 4.42 Å². The molecule has 0 bridgehead atoms. The van der Waals surface area contributed by atoms with Gasteiger partial charge in [0.25, 0.3) is 0 Å². The minimum atomic E-state index is 0.535. The van der Waals surface area contributed by atoms with Gasteiger partial charge in [0.1, 0.15) is 0 Å². The minimum Gasteiger partial charge on any atom is -0.423 e. The van der Waals surface area contributed by atoms with E-state index in [1.807, 2.05) is 36.4 Å². The van der Waals surface area contributed by atoms with Crippen LogP contribution < -0.4 is 0 Å². The molecule has 0 amide bonds. The first kappa shape index (κ1) is 13.5. The fourth-order valence-corrected chi connectivity index (χ4v) is 2.68. The summed E-state index contributed by atoms with van der Waals surface area (Å²) in [4.78, 5) is 0. The number of nitrogens with zero attached hydrogens (tertiary/aromatic N) is 2. The van der Waals surface area contributed by atoms with Crippen LogP contribution in [0.15, 0.2) is 89.7 Å². The predicted molar refractivity (Wildman–Crippen MR) is 90.6 cm³/mol. The van der Waals surface area contributed by atoms with Gasteiger partial charge in [-0.25, -0.2) is 0 Å². The van der Waals surface area contributed by atoms with Gasteiger partial charge in [0.05, 0.1) is 0 Å². The molecule has 23 heavy (non-hydrogen) atoms. The summed E-state index contributed by atoms with van der Waals surface area (Å²) < 4.78 is 5.35. The molecular weight excluding hydrogens is 284 g/mol. The van der Waals surface area contributed by atoms with Gasteiger partial charge in [-0.3, -0.25) is 0 Å². The molecule has 3 heteroatoms. The highest BCUT2D eigenvalue weighted by Gasteiger charge is 2.11. The molecule has 4 rings (SSSR count). The van der Waals surface area contributed by atoms with Gasteiger partial charge >= 0.3 is 0 Å². The van der Waals surface area contributed by atoms with Crippen molar-refractivity contribution in [3.05, 3.63) is 85.3 Å². The summed E-state index contributed by atoms with van der Waals surface area (Å²) in [6, 6.07) is 26.9. The van der Waals surface area contributed by atoms with Gasteiger partial charge in [-0.15, -0.1) is 10.2 Å². The van der Waals surface area contributed by atoms with Crippen LogP contribution in [0.4, 0.5) is 0 Å². The Bertz CT molecular complexity index is 898. The number of hydrogen-bond acceptors (Lipinski definition) is 3. The van der Waals surface area contributed by atoms with Crippen molar-refractivity contribution in [2.24, 2.45) is 0 Å². The van der Waals surface area contributed by atoms with Gasteiger partial charge < -0.3 is 4.42 Å². The van der Waals surface area contributed by atoms with Gasteiger partial charge in [-0.1, -0.05) is 72.8 Å². The quantitative estimate of drug-likeness (QED) is 0.530.